The lowest BCUT2D eigenvalue weighted by Gasteiger charge is -2.10. The molecular formula is C10H13N3OS. The van der Waals surface area contributed by atoms with Gasteiger partial charge in [0.25, 0.3) is 0 Å². The molecule has 1 aromatic heterocycles. The second-order valence-corrected chi connectivity index (χ2v) is 3.89. The van der Waals surface area contributed by atoms with E-state index in [9.17, 15) is 4.79 Å². The van der Waals surface area contributed by atoms with Gasteiger partial charge in [0.15, 0.2) is 0 Å². The summed E-state index contributed by atoms with van der Waals surface area (Å²) in [5.41, 5.74) is 0. The fourth-order valence-corrected chi connectivity index (χ4v) is 1.70. The number of hydrogen-bond acceptors (Lipinski definition) is 4. The van der Waals surface area contributed by atoms with E-state index in [1.165, 1.54) is 11.3 Å². The van der Waals surface area contributed by atoms with Gasteiger partial charge in [-0.05, 0) is 6.92 Å². The van der Waals surface area contributed by atoms with Crippen LogP contribution in [0, 0.1) is 12.3 Å². The number of aromatic nitrogens is 1. The van der Waals surface area contributed by atoms with Crippen molar-refractivity contribution in [2.45, 2.75) is 13.0 Å². The van der Waals surface area contributed by atoms with Crippen LogP contribution in [0.25, 0.3) is 0 Å². The van der Waals surface area contributed by atoms with Gasteiger partial charge in [-0.15, -0.1) is 17.8 Å². The van der Waals surface area contributed by atoms with Crippen LogP contribution in [-0.4, -0.2) is 24.0 Å². The summed E-state index contributed by atoms with van der Waals surface area (Å²) in [6.45, 7) is 2.54. The maximum atomic E-state index is 11.4. The predicted octanol–water partition coefficient (Wildman–Crippen LogP) is 0.543. The molecule has 80 valence electrons. The molecule has 1 rings (SSSR count). The van der Waals surface area contributed by atoms with Crippen LogP contribution in [0.4, 0.5) is 0 Å². The van der Waals surface area contributed by atoms with Crippen LogP contribution in [0.5, 0.6) is 0 Å². The van der Waals surface area contributed by atoms with Crippen LogP contribution in [0.1, 0.15) is 18.0 Å². The Morgan fingerprint density at radius 2 is 2.60 bits per heavy atom. The van der Waals surface area contributed by atoms with Gasteiger partial charge in [-0.25, -0.2) is 4.98 Å². The Kier molecular flexibility index (Phi) is 4.81. The van der Waals surface area contributed by atoms with E-state index >= 15 is 0 Å². The largest absolute Gasteiger partial charge is 0.346 e. The van der Waals surface area contributed by atoms with Crippen molar-refractivity contribution in [2.24, 2.45) is 0 Å². The highest BCUT2D eigenvalue weighted by Gasteiger charge is 2.10. The minimum Gasteiger partial charge on any atom is -0.346 e. The molecular weight excluding hydrogens is 210 g/mol. The van der Waals surface area contributed by atoms with Gasteiger partial charge >= 0.3 is 0 Å². The van der Waals surface area contributed by atoms with Gasteiger partial charge in [0.05, 0.1) is 19.1 Å². The summed E-state index contributed by atoms with van der Waals surface area (Å²) in [7, 11) is 0. The average molecular weight is 223 g/mol. The maximum Gasteiger partial charge on any atom is 0.234 e. The molecule has 1 heterocycles. The molecule has 5 heteroatoms. The molecule has 4 nitrogen and oxygen atoms in total. The van der Waals surface area contributed by atoms with Gasteiger partial charge in [0, 0.05) is 11.6 Å². The predicted molar refractivity (Wildman–Crippen MR) is 60.4 cm³/mol. The van der Waals surface area contributed by atoms with Gasteiger partial charge < -0.3 is 5.32 Å². The smallest absolute Gasteiger partial charge is 0.234 e. The summed E-state index contributed by atoms with van der Waals surface area (Å²) >= 11 is 1.52. The van der Waals surface area contributed by atoms with Crippen LogP contribution in [0.2, 0.25) is 0 Å². The van der Waals surface area contributed by atoms with Crippen molar-refractivity contribution >= 4 is 17.2 Å². The number of thiazole rings is 1. The molecule has 0 radical (unpaired) electrons. The number of nitrogens with one attached hydrogen (secondary N) is 2. The summed E-state index contributed by atoms with van der Waals surface area (Å²) in [5, 5.41) is 8.43. The molecule has 2 N–H and O–H groups in total. The average Bonchev–Trinajstić information content (AvgIpc) is 2.70. The molecule has 1 atom stereocenters. The van der Waals surface area contributed by atoms with Gasteiger partial charge in [0.1, 0.15) is 5.01 Å². The lowest BCUT2D eigenvalue weighted by molar-refractivity contribution is -0.120. The summed E-state index contributed by atoms with van der Waals surface area (Å²) in [5.74, 6) is 2.33. The number of carbonyl (C=O) groups is 1. The van der Waals surface area contributed by atoms with Gasteiger partial charge in [-0.2, -0.15) is 0 Å². The van der Waals surface area contributed by atoms with E-state index in [1.54, 1.807) is 6.20 Å². The highest BCUT2D eigenvalue weighted by Crippen LogP contribution is 2.13. The number of rotatable bonds is 5. The lowest BCUT2D eigenvalue weighted by atomic mass is 10.3. The summed E-state index contributed by atoms with van der Waals surface area (Å²) in [6, 6.07) is -0.0508. The molecule has 0 fully saturated rings. The lowest BCUT2D eigenvalue weighted by Crippen LogP contribution is -2.35. The molecule has 0 saturated heterocycles. The van der Waals surface area contributed by atoms with Gasteiger partial charge in [-0.1, -0.05) is 5.92 Å². The third-order valence-electron chi connectivity index (χ3n) is 1.71. The third-order valence-corrected chi connectivity index (χ3v) is 2.67. The Balaban J connectivity index is 2.29. The highest BCUT2D eigenvalue weighted by atomic mass is 32.1. The standard InChI is InChI=1S/C10H13N3OS/c1-3-4-11-7-9(14)13-8(2)10-12-5-6-15-10/h1,5-6,8,11H,4,7H2,2H3,(H,13,14). The fraction of sp³-hybridized carbons (Fsp3) is 0.400. The Morgan fingerprint density at radius 3 is 3.20 bits per heavy atom. The van der Waals surface area contributed by atoms with Crippen molar-refractivity contribution in [3.63, 3.8) is 0 Å². The summed E-state index contributed by atoms with van der Waals surface area (Å²) < 4.78 is 0. The minimum atomic E-state index is -0.0760. The molecule has 15 heavy (non-hydrogen) atoms. The molecule has 0 bridgehead atoms. The van der Waals surface area contributed by atoms with E-state index in [0.717, 1.165) is 5.01 Å². The molecule has 0 spiro atoms. The first-order chi connectivity index (χ1) is 7.24. The van der Waals surface area contributed by atoms with Gasteiger partial charge in [-0.3, -0.25) is 10.1 Å². The van der Waals surface area contributed by atoms with Crippen molar-refractivity contribution in [2.75, 3.05) is 13.1 Å². The first kappa shape index (κ1) is 11.7. The van der Waals surface area contributed by atoms with Crippen molar-refractivity contribution in [3.05, 3.63) is 16.6 Å². The quantitative estimate of drug-likeness (QED) is 0.566. The van der Waals surface area contributed by atoms with Crippen molar-refractivity contribution < 1.29 is 4.79 Å². The zero-order chi connectivity index (χ0) is 11.1. The summed E-state index contributed by atoms with van der Waals surface area (Å²) in [6.07, 6.45) is 6.76. The van der Waals surface area contributed by atoms with E-state index in [0.29, 0.717) is 6.54 Å². The van der Waals surface area contributed by atoms with Crippen LogP contribution >= 0.6 is 11.3 Å². The molecule has 1 unspecified atom stereocenters. The molecule has 1 amide bonds. The summed E-state index contributed by atoms with van der Waals surface area (Å²) in [4.78, 5) is 15.5. The highest BCUT2D eigenvalue weighted by molar-refractivity contribution is 7.09. The van der Waals surface area contributed by atoms with Crippen molar-refractivity contribution in [1.29, 1.82) is 0 Å². The minimum absolute atomic E-state index is 0.0508. The zero-order valence-corrected chi connectivity index (χ0v) is 9.30. The van der Waals surface area contributed by atoms with Crippen LogP contribution in [-0.2, 0) is 4.79 Å². The van der Waals surface area contributed by atoms with E-state index < -0.39 is 0 Å². The SMILES string of the molecule is C#CCNCC(=O)NC(C)c1nccs1. The zero-order valence-electron chi connectivity index (χ0n) is 8.49. The third kappa shape index (κ3) is 4.11. The van der Waals surface area contributed by atoms with E-state index in [4.69, 9.17) is 6.42 Å². The first-order valence-electron chi connectivity index (χ1n) is 4.57. The van der Waals surface area contributed by atoms with E-state index in [1.807, 2.05) is 12.3 Å². The second kappa shape index (κ2) is 6.17. The van der Waals surface area contributed by atoms with Crippen LogP contribution in [0.15, 0.2) is 11.6 Å². The number of amides is 1. The molecule has 0 aliphatic heterocycles. The number of carbonyl (C=O) groups excluding carboxylic acids is 1. The number of nitrogens with zero attached hydrogens (tertiary/aromatic N) is 1. The van der Waals surface area contributed by atoms with Crippen LogP contribution in [0.3, 0.4) is 0 Å². The topological polar surface area (TPSA) is 54.0 Å². The fourth-order valence-electron chi connectivity index (χ4n) is 1.05. The molecule has 0 saturated carbocycles. The Bertz CT molecular complexity index is 342. The van der Waals surface area contributed by atoms with Gasteiger partial charge in [0.2, 0.25) is 5.91 Å². The number of terminal acetylenes is 1. The molecule has 0 aliphatic carbocycles. The first-order valence-corrected chi connectivity index (χ1v) is 5.45. The second-order valence-electron chi connectivity index (χ2n) is 2.97. The van der Waals surface area contributed by atoms with Crippen molar-refractivity contribution in [3.8, 4) is 12.3 Å². The normalized spacial score (nSPS) is 11.7. The Labute approximate surface area is 93.1 Å². The van der Waals surface area contributed by atoms with Crippen LogP contribution < -0.4 is 10.6 Å². The van der Waals surface area contributed by atoms with E-state index in [2.05, 4.69) is 21.5 Å². The molecule has 0 aliphatic rings. The monoisotopic (exact) mass is 223 g/mol. The maximum absolute atomic E-state index is 11.4. The Morgan fingerprint density at radius 1 is 1.80 bits per heavy atom. The molecule has 0 aromatic carbocycles. The Hall–Kier alpha value is -1.38. The van der Waals surface area contributed by atoms with E-state index in [-0.39, 0.29) is 18.5 Å². The number of hydrogen-bond donors (Lipinski definition) is 2. The van der Waals surface area contributed by atoms with Crippen molar-refractivity contribution in [1.82, 2.24) is 15.6 Å². The molecule has 1 aromatic rings.